The van der Waals surface area contributed by atoms with Crippen LogP contribution in [-0.2, 0) is 29.0 Å². The summed E-state index contributed by atoms with van der Waals surface area (Å²) in [6, 6.07) is 7.81. The molecule has 0 aliphatic carbocycles. The van der Waals surface area contributed by atoms with E-state index in [2.05, 4.69) is 20.6 Å². The summed E-state index contributed by atoms with van der Waals surface area (Å²) in [6.45, 7) is 4.84. The predicted molar refractivity (Wildman–Crippen MR) is 101 cm³/mol. The van der Waals surface area contributed by atoms with Crippen molar-refractivity contribution in [1.82, 2.24) is 15.2 Å². The van der Waals surface area contributed by atoms with Gasteiger partial charge in [-0.05, 0) is 24.1 Å². The third-order valence-electron chi connectivity index (χ3n) is 4.33. The summed E-state index contributed by atoms with van der Waals surface area (Å²) in [6.07, 6.45) is 1.19. The summed E-state index contributed by atoms with van der Waals surface area (Å²) >= 11 is 1.60. The smallest absolute Gasteiger partial charge is 0.220 e. The maximum atomic E-state index is 12.1. The van der Waals surface area contributed by atoms with Crippen LogP contribution in [0.2, 0.25) is 0 Å². The molecule has 0 atom stereocenters. The quantitative estimate of drug-likeness (QED) is 0.767. The number of morpholine rings is 1. The van der Waals surface area contributed by atoms with Gasteiger partial charge in [-0.15, -0.1) is 11.3 Å². The van der Waals surface area contributed by atoms with Gasteiger partial charge < -0.3 is 14.8 Å². The Hall–Kier alpha value is -1.96. The van der Waals surface area contributed by atoms with Crippen LogP contribution in [0.1, 0.15) is 22.7 Å². The van der Waals surface area contributed by atoms with E-state index in [9.17, 15) is 4.79 Å². The Morgan fingerprint density at radius 2 is 2.08 bits per heavy atom. The van der Waals surface area contributed by atoms with Crippen molar-refractivity contribution in [1.29, 1.82) is 0 Å². The van der Waals surface area contributed by atoms with Gasteiger partial charge >= 0.3 is 0 Å². The van der Waals surface area contributed by atoms with Crippen molar-refractivity contribution in [3.8, 4) is 5.75 Å². The highest BCUT2D eigenvalue weighted by Crippen LogP contribution is 2.14. The van der Waals surface area contributed by atoms with Gasteiger partial charge in [-0.25, -0.2) is 4.98 Å². The topological polar surface area (TPSA) is 63.7 Å². The minimum atomic E-state index is 0.0470. The maximum Gasteiger partial charge on any atom is 0.220 e. The van der Waals surface area contributed by atoms with Gasteiger partial charge in [0.15, 0.2) is 0 Å². The molecule has 1 N–H and O–H groups in total. The van der Waals surface area contributed by atoms with E-state index in [1.807, 2.05) is 24.3 Å². The Bertz CT molecular complexity index is 696. The number of carbonyl (C=O) groups is 1. The Kier molecular flexibility index (Phi) is 6.99. The van der Waals surface area contributed by atoms with Crippen molar-refractivity contribution in [2.24, 2.45) is 0 Å². The number of methoxy groups -OCH3 is 1. The van der Waals surface area contributed by atoms with Crippen molar-refractivity contribution < 1.29 is 14.3 Å². The highest BCUT2D eigenvalue weighted by atomic mass is 32.1. The summed E-state index contributed by atoms with van der Waals surface area (Å²) in [5.74, 6) is 0.876. The van der Waals surface area contributed by atoms with Crippen LogP contribution < -0.4 is 10.1 Å². The fourth-order valence-electron chi connectivity index (χ4n) is 2.80. The molecule has 7 heteroatoms. The van der Waals surface area contributed by atoms with E-state index < -0.39 is 0 Å². The minimum Gasteiger partial charge on any atom is -0.497 e. The molecule has 6 nitrogen and oxygen atoms in total. The summed E-state index contributed by atoms with van der Waals surface area (Å²) in [5, 5.41) is 5.99. The number of hydrogen-bond acceptors (Lipinski definition) is 6. The van der Waals surface area contributed by atoms with E-state index in [1.165, 1.54) is 0 Å². The van der Waals surface area contributed by atoms with Crippen LogP contribution in [0.3, 0.4) is 0 Å². The number of amides is 1. The lowest BCUT2D eigenvalue weighted by Gasteiger charge is -2.25. The van der Waals surface area contributed by atoms with Crippen LogP contribution in [0.4, 0.5) is 0 Å². The lowest BCUT2D eigenvalue weighted by molar-refractivity contribution is -0.121. The molecule has 1 fully saturated rings. The molecule has 1 aliphatic heterocycles. The van der Waals surface area contributed by atoms with Gasteiger partial charge in [0, 0.05) is 31.4 Å². The molecule has 1 aliphatic rings. The number of rotatable bonds is 8. The second-order valence-electron chi connectivity index (χ2n) is 6.25. The molecule has 26 heavy (non-hydrogen) atoms. The van der Waals surface area contributed by atoms with Gasteiger partial charge in [0.2, 0.25) is 5.91 Å². The van der Waals surface area contributed by atoms with Crippen molar-refractivity contribution in [2.75, 3.05) is 33.4 Å². The molecule has 3 rings (SSSR count). The molecule has 0 spiro atoms. The van der Waals surface area contributed by atoms with Crippen LogP contribution in [0.5, 0.6) is 5.75 Å². The van der Waals surface area contributed by atoms with E-state index in [0.717, 1.165) is 61.3 Å². The second-order valence-corrected chi connectivity index (χ2v) is 7.19. The molecule has 2 heterocycles. The van der Waals surface area contributed by atoms with Crippen LogP contribution in [0.25, 0.3) is 0 Å². The van der Waals surface area contributed by atoms with Crippen LogP contribution in [0.15, 0.2) is 29.6 Å². The van der Waals surface area contributed by atoms with E-state index >= 15 is 0 Å². The zero-order chi connectivity index (χ0) is 18.2. The minimum absolute atomic E-state index is 0.0470. The Morgan fingerprint density at radius 3 is 2.81 bits per heavy atom. The fourth-order valence-corrected chi connectivity index (χ4v) is 3.53. The van der Waals surface area contributed by atoms with E-state index in [0.29, 0.717) is 13.0 Å². The van der Waals surface area contributed by atoms with Crippen molar-refractivity contribution >= 4 is 17.2 Å². The number of benzene rings is 1. The normalized spacial score (nSPS) is 15.0. The van der Waals surface area contributed by atoms with Gasteiger partial charge in [0.25, 0.3) is 0 Å². The second kappa shape index (κ2) is 9.66. The van der Waals surface area contributed by atoms with Crippen LogP contribution in [-0.4, -0.2) is 49.2 Å². The summed E-state index contributed by atoms with van der Waals surface area (Å²) in [4.78, 5) is 19.0. The molecule has 1 saturated heterocycles. The average Bonchev–Trinajstić information content (AvgIpc) is 3.13. The Morgan fingerprint density at radius 1 is 1.31 bits per heavy atom. The molecule has 1 aromatic heterocycles. The molecule has 2 aromatic rings. The number of hydrogen-bond donors (Lipinski definition) is 1. The number of thiazole rings is 1. The first-order valence-corrected chi connectivity index (χ1v) is 9.74. The van der Waals surface area contributed by atoms with E-state index in [-0.39, 0.29) is 5.91 Å². The number of aryl methyl sites for hydroxylation is 1. The number of aromatic nitrogens is 1. The van der Waals surface area contributed by atoms with Gasteiger partial charge in [0.05, 0.1) is 32.6 Å². The lowest BCUT2D eigenvalue weighted by atomic mass is 10.1. The summed E-state index contributed by atoms with van der Waals surface area (Å²) < 4.78 is 10.5. The van der Waals surface area contributed by atoms with Gasteiger partial charge in [-0.2, -0.15) is 0 Å². The Labute approximate surface area is 158 Å². The zero-order valence-electron chi connectivity index (χ0n) is 15.1. The molecule has 0 bridgehead atoms. The van der Waals surface area contributed by atoms with Crippen molar-refractivity contribution in [3.05, 3.63) is 45.9 Å². The molecule has 0 unspecified atom stereocenters. The lowest BCUT2D eigenvalue weighted by Crippen LogP contribution is -2.35. The number of carbonyl (C=O) groups excluding carboxylic acids is 1. The van der Waals surface area contributed by atoms with Gasteiger partial charge in [-0.3, -0.25) is 9.69 Å². The number of nitrogens with one attached hydrogen (secondary N) is 1. The molecular weight excluding hydrogens is 350 g/mol. The Balaban J connectivity index is 1.38. The van der Waals surface area contributed by atoms with E-state index in [4.69, 9.17) is 9.47 Å². The molecule has 0 saturated carbocycles. The third kappa shape index (κ3) is 5.79. The van der Waals surface area contributed by atoms with E-state index in [1.54, 1.807) is 18.4 Å². The van der Waals surface area contributed by atoms with Crippen molar-refractivity contribution in [3.63, 3.8) is 0 Å². The largest absolute Gasteiger partial charge is 0.497 e. The highest BCUT2D eigenvalue weighted by Gasteiger charge is 2.13. The molecule has 1 amide bonds. The first-order valence-electron chi connectivity index (χ1n) is 8.86. The first kappa shape index (κ1) is 18.8. The monoisotopic (exact) mass is 375 g/mol. The SMILES string of the molecule is COc1ccc(CCC(=O)NCc2nc(CN3CCOCC3)cs2)cc1. The maximum absolute atomic E-state index is 12.1. The third-order valence-corrected chi connectivity index (χ3v) is 5.22. The summed E-state index contributed by atoms with van der Waals surface area (Å²) in [5.41, 5.74) is 2.20. The molecule has 0 radical (unpaired) electrons. The molecular formula is C19H25N3O3S. The van der Waals surface area contributed by atoms with Crippen molar-refractivity contribution in [2.45, 2.75) is 25.9 Å². The first-order chi connectivity index (χ1) is 12.7. The van der Waals surface area contributed by atoms with Crippen LogP contribution in [0, 0.1) is 0 Å². The standard InChI is InChI=1S/C19H25N3O3S/c1-24-17-5-2-15(3-6-17)4-7-18(23)20-12-19-21-16(14-26-19)13-22-8-10-25-11-9-22/h2-3,5-6,14H,4,7-13H2,1H3,(H,20,23). The zero-order valence-corrected chi connectivity index (χ0v) is 15.9. The highest BCUT2D eigenvalue weighted by molar-refractivity contribution is 7.09. The number of nitrogens with zero attached hydrogens (tertiary/aromatic N) is 2. The average molecular weight is 375 g/mol. The van der Waals surface area contributed by atoms with Crippen LogP contribution >= 0.6 is 11.3 Å². The van der Waals surface area contributed by atoms with Gasteiger partial charge in [0.1, 0.15) is 10.8 Å². The molecule has 140 valence electrons. The molecule has 1 aromatic carbocycles. The fraction of sp³-hybridized carbons (Fsp3) is 0.474. The van der Waals surface area contributed by atoms with Gasteiger partial charge in [-0.1, -0.05) is 12.1 Å². The predicted octanol–water partition coefficient (Wildman–Crippen LogP) is 2.23. The summed E-state index contributed by atoms with van der Waals surface area (Å²) in [7, 11) is 1.65. The number of ether oxygens (including phenoxy) is 2.